The summed E-state index contributed by atoms with van der Waals surface area (Å²) in [7, 11) is 2.94. The fourth-order valence-electron chi connectivity index (χ4n) is 2.85. The molecule has 0 radical (unpaired) electrons. The molecule has 0 aromatic heterocycles. The van der Waals surface area contributed by atoms with Gasteiger partial charge >= 0.3 is 5.97 Å². The maximum Gasteiger partial charge on any atom is 0.303 e. The summed E-state index contributed by atoms with van der Waals surface area (Å²) in [5.41, 5.74) is 1.00. The zero-order chi connectivity index (χ0) is 16.5. The van der Waals surface area contributed by atoms with Crippen molar-refractivity contribution in [3.8, 4) is 23.0 Å². The minimum absolute atomic E-state index is 0.0440. The van der Waals surface area contributed by atoms with Gasteiger partial charge in [-0.3, -0.25) is 4.79 Å². The number of aliphatic carboxylic acids is 1. The molecule has 1 aliphatic heterocycles. The molecule has 1 heterocycles. The Morgan fingerprint density at radius 1 is 1.32 bits per heavy atom. The molecule has 2 N–H and O–H groups in total. The van der Waals surface area contributed by atoms with Crippen LogP contribution in [0.2, 0.25) is 0 Å². The third-order valence-corrected chi connectivity index (χ3v) is 4.24. The second-order valence-corrected chi connectivity index (χ2v) is 5.79. The van der Waals surface area contributed by atoms with Gasteiger partial charge in [0, 0.05) is 17.5 Å². The summed E-state index contributed by atoms with van der Waals surface area (Å²) in [5.74, 6) is 0.328. The predicted molar refractivity (Wildman–Crippen MR) is 80.2 cm³/mol. The normalized spacial score (nSPS) is 20.0. The first-order valence-electron chi connectivity index (χ1n) is 7.20. The molecule has 6 nitrogen and oxygen atoms in total. The van der Waals surface area contributed by atoms with E-state index in [2.05, 4.69) is 0 Å². The largest absolute Gasteiger partial charge is 0.504 e. The van der Waals surface area contributed by atoms with Gasteiger partial charge in [-0.15, -0.1) is 0 Å². The number of carboxylic acids is 1. The first-order chi connectivity index (χ1) is 10.3. The van der Waals surface area contributed by atoms with Gasteiger partial charge in [-0.2, -0.15) is 0 Å². The van der Waals surface area contributed by atoms with E-state index in [0.717, 1.165) is 5.56 Å². The van der Waals surface area contributed by atoms with Gasteiger partial charge in [-0.1, -0.05) is 0 Å². The lowest BCUT2D eigenvalue weighted by Crippen LogP contribution is -2.37. The number of hydrogen-bond donors (Lipinski definition) is 2. The molecular weight excluding hydrogens is 288 g/mol. The van der Waals surface area contributed by atoms with Gasteiger partial charge in [0.05, 0.1) is 14.2 Å². The first-order valence-corrected chi connectivity index (χ1v) is 7.20. The number of fused-ring (bicyclic) bond motifs is 1. The van der Waals surface area contributed by atoms with Crippen molar-refractivity contribution in [3.05, 3.63) is 11.1 Å². The number of ether oxygens (including phenoxy) is 3. The first kappa shape index (κ1) is 16.3. The van der Waals surface area contributed by atoms with E-state index in [9.17, 15) is 9.90 Å². The van der Waals surface area contributed by atoms with Crippen LogP contribution in [0.3, 0.4) is 0 Å². The lowest BCUT2D eigenvalue weighted by Gasteiger charge is -2.37. The van der Waals surface area contributed by atoms with Crippen molar-refractivity contribution in [1.29, 1.82) is 0 Å². The van der Waals surface area contributed by atoms with E-state index in [1.54, 1.807) is 6.92 Å². The summed E-state index contributed by atoms with van der Waals surface area (Å²) < 4.78 is 16.7. The molecular formula is C16H22O6. The highest BCUT2D eigenvalue weighted by Crippen LogP contribution is 2.52. The Morgan fingerprint density at radius 2 is 1.95 bits per heavy atom. The average molecular weight is 310 g/mol. The van der Waals surface area contributed by atoms with E-state index < -0.39 is 11.6 Å². The Labute approximate surface area is 129 Å². The molecule has 0 fully saturated rings. The maximum absolute atomic E-state index is 10.8. The summed E-state index contributed by atoms with van der Waals surface area (Å²) in [6, 6.07) is 0. The molecule has 1 aromatic rings. The van der Waals surface area contributed by atoms with Gasteiger partial charge < -0.3 is 24.4 Å². The number of hydrogen-bond acceptors (Lipinski definition) is 5. The van der Waals surface area contributed by atoms with Crippen LogP contribution in [-0.2, 0) is 11.2 Å². The van der Waals surface area contributed by atoms with Crippen molar-refractivity contribution in [3.63, 3.8) is 0 Å². The summed E-state index contributed by atoms with van der Waals surface area (Å²) in [6.07, 6.45) is 1.82. The van der Waals surface area contributed by atoms with Crippen LogP contribution in [0.4, 0.5) is 0 Å². The second-order valence-electron chi connectivity index (χ2n) is 5.79. The van der Waals surface area contributed by atoms with E-state index in [1.807, 2.05) is 6.92 Å². The lowest BCUT2D eigenvalue weighted by molar-refractivity contribution is -0.138. The molecule has 0 amide bonds. The van der Waals surface area contributed by atoms with E-state index in [1.165, 1.54) is 14.2 Å². The summed E-state index contributed by atoms with van der Waals surface area (Å²) in [6.45, 7) is 3.70. The van der Waals surface area contributed by atoms with Crippen molar-refractivity contribution in [2.75, 3.05) is 14.2 Å². The third-order valence-electron chi connectivity index (χ3n) is 4.24. The monoisotopic (exact) mass is 310 g/mol. The zero-order valence-corrected chi connectivity index (χ0v) is 13.4. The van der Waals surface area contributed by atoms with Crippen molar-refractivity contribution < 1.29 is 29.2 Å². The van der Waals surface area contributed by atoms with Crippen molar-refractivity contribution in [2.24, 2.45) is 0 Å². The molecule has 122 valence electrons. The number of benzene rings is 1. The Bertz CT molecular complexity index is 595. The Balaban J connectivity index is 2.45. The standard InChI is InChI=1S/C16H22O6/c1-9-10-5-7-16(2,8-6-11(17)18)22-13(10)15(21-4)14(20-3)12(9)19/h19H,5-8H2,1-4H3,(H,17,18). The third kappa shape index (κ3) is 2.77. The highest BCUT2D eigenvalue weighted by Gasteiger charge is 2.37. The predicted octanol–water partition coefficient (Wildman–Crippen LogP) is 2.67. The number of aromatic hydroxyl groups is 1. The molecule has 1 aliphatic rings. The zero-order valence-electron chi connectivity index (χ0n) is 13.4. The molecule has 1 unspecified atom stereocenters. The highest BCUT2D eigenvalue weighted by atomic mass is 16.5. The minimum atomic E-state index is -0.845. The number of rotatable bonds is 5. The van der Waals surface area contributed by atoms with Gasteiger partial charge in [0.15, 0.2) is 11.5 Å². The average Bonchev–Trinajstić information content (AvgIpc) is 2.48. The number of methoxy groups -OCH3 is 2. The van der Waals surface area contributed by atoms with Crippen LogP contribution < -0.4 is 14.2 Å². The van der Waals surface area contributed by atoms with Crippen molar-refractivity contribution in [1.82, 2.24) is 0 Å². The van der Waals surface area contributed by atoms with Gasteiger partial charge in [0.25, 0.3) is 0 Å². The highest BCUT2D eigenvalue weighted by molar-refractivity contribution is 5.68. The van der Waals surface area contributed by atoms with Gasteiger partial charge in [0.1, 0.15) is 5.60 Å². The summed E-state index contributed by atoms with van der Waals surface area (Å²) in [4.78, 5) is 10.8. The van der Waals surface area contributed by atoms with Gasteiger partial charge in [0.2, 0.25) is 11.5 Å². The molecule has 6 heteroatoms. The number of phenolic OH excluding ortho intramolecular Hbond substituents is 1. The van der Waals surface area contributed by atoms with E-state index in [-0.39, 0.29) is 17.9 Å². The number of phenols is 1. The van der Waals surface area contributed by atoms with E-state index in [4.69, 9.17) is 19.3 Å². The van der Waals surface area contributed by atoms with E-state index in [0.29, 0.717) is 36.3 Å². The molecule has 0 spiro atoms. The van der Waals surface area contributed by atoms with Crippen LogP contribution in [0.5, 0.6) is 23.0 Å². The van der Waals surface area contributed by atoms with Gasteiger partial charge in [-0.25, -0.2) is 0 Å². The molecule has 0 bridgehead atoms. The van der Waals surface area contributed by atoms with Crippen LogP contribution in [0, 0.1) is 6.92 Å². The topological polar surface area (TPSA) is 85.2 Å². The fraction of sp³-hybridized carbons (Fsp3) is 0.562. The molecule has 2 rings (SSSR count). The SMILES string of the molecule is COc1c(O)c(C)c2c(c1OC)OC(C)(CCC(=O)O)CC2. The Morgan fingerprint density at radius 3 is 2.50 bits per heavy atom. The van der Waals surface area contributed by atoms with Crippen molar-refractivity contribution in [2.45, 2.75) is 45.1 Å². The molecule has 0 saturated heterocycles. The van der Waals surface area contributed by atoms with Crippen LogP contribution in [0.1, 0.15) is 37.3 Å². The fourth-order valence-corrected chi connectivity index (χ4v) is 2.85. The minimum Gasteiger partial charge on any atom is -0.504 e. The van der Waals surface area contributed by atoms with Crippen LogP contribution >= 0.6 is 0 Å². The number of carboxylic acid groups (broad SMARTS) is 1. The van der Waals surface area contributed by atoms with Crippen LogP contribution in [0.15, 0.2) is 0 Å². The van der Waals surface area contributed by atoms with E-state index >= 15 is 0 Å². The van der Waals surface area contributed by atoms with Gasteiger partial charge in [-0.05, 0) is 33.1 Å². The van der Waals surface area contributed by atoms with Crippen molar-refractivity contribution >= 4 is 5.97 Å². The maximum atomic E-state index is 10.8. The quantitative estimate of drug-likeness (QED) is 0.869. The molecule has 1 aromatic carbocycles. The molecule has 0 aliphatic carbocycles. The molecule has 1 atom stereocenters. The smallest absolute Gasteiger partial charge is 0.303 e. The molecule has 22 heavy (non-hydrogen) atoms. The van der Waals surface area contributed by atoms with Crippen LogP contribution in [-0.4, -0.2) is 36.0 Å². The Hall–Kier alpha value is -2.11. The summed E-state index contributed by atoms with van der Waals surface area (Å²) in [5, 5.41) is 19.1. The number of carbonyl (C=O) groups is 1. The summed E-state index contributed by atoms with van der Waals surface area (Å²) >= 11 is 0. The Kier molecular flexibility index (Phi) is 4.39. The lowest BCUT2D eigenvalue weighted by atomic mass is 9.86. The van der Waals surface area contributed by atoms with Crippen LogP contribution in [0.25, 0.3) is 0 Å². The molecule has 0 saturated carbocycles. The second kappa shape index (κ2) is 5.94.